The van der Waals surface area contributed by atoms with Crippen LogP contribution in [0.5, 0.6) is 0 Å². The number of primary sulfonamides is 1. The third-order valence-electron chi connectivity index (χ3n) is 4.47. The van der Waals surface area contributed by atoms with Crippen LogP contribution in [0.4, 0.5) is 0 Å². The topological polar surface area (TPSA) is 133 Å². The molecule has 1 aromatic rings. The summed E-state index contributed by atoms with van der Waals surface area (Å²) in [6.45, 7) is 0.345. The van der Waals surface area contributed by atoms with Crippen molar-refractivity contribution in [3.05, 3.63) is 22.7 Å². The highest BCUT2D eigenvalue weighted by molar-refractivity contribution is 7.92. The van der Waals surface area contributed by atoms with Crippen LogP contribution in [0.15, 0.2) is 21.9 Å². The molecule has 1 aliphatic rings. The predicted molar refractivity (Wildman–Crippen MR) is 101 cm³/mol. The first-order chi connectivity index (χ1) is 12.6. The molecule has 1 aliphatic carbocycles. The van der Waals surface area contributed by atoms with Gasteiger partial charge < -0.3 is 10.1 Å². The van der Waals surface area contributed by atoms with E-state index in [4.69, 9.17) is 21.5 Å². The monoisotopic (exact) mass is 438 g/mol. The molecule has 0 heterocycles. The van der Waals surface area contributed by atoms with E-state index in [1.54, 1.807) is 0 Å². The quantitative estimate of drug-likeness (QED) is 0.619. The van der Waals surface area contributed by atoms with E-state index in [1.165, 1.54) is 7.11 Å². The zero-order valence-corrected chi connectivity index (χ0v) is 17.3. The van der Waals surface area contributed by atoms with Crippen LogP contribution in [0.1, 0.15) is 42.5 Å². The van der Waals surface area contributed by atoms with Crippen LogP contribution in [0, 0.1) is 0 Å². The molecule has 0 radical (unpaired) electrons. The third-order valence-corrected chi connectivity index (χ3v) is 8.15. The van der Waals surface area contributed by atoms with Crippen LogP contribution in [-0.4, -0.2) is 48.3 Å². The average molecular weight is 439 g/mol. The molecule has 1 amide bonds. The Balaban J connectivity index is 2.57. The number of carbonyl (C=O) groups excluding carboxylic acids is 1. The molecule has 152 valence electrons. The van der Waals surface area contributed by atoms with Crippen molar-refractivity contribution in [2.24, 2.45) is 5.14 Å². The second-order valence-electron chi connectivity index (χ2n) is 6.38. The number of benzene rings is 1. The summed E-state index contributed by atoms with van der Waals surface area (Å²) < 4.78 is 54.6. The normalized spacial score (nSPS) is 16.3. The van der Waals surface area contributed by atoms with Crippen molar-refractivity contribution in [3.8, 4) is 0 Å². The highest BCUT2D eigenvalue weighted by Gasteiger charge is 2.34. The number of carbonyl (C=O) groups is 1. The highest BCUT2D eigenvalue weighted by Crippen LogP contribution is 2.34. The molecule has 1 aromatic carbocycles. The van der Waals surface area contributed by atoms with Gasteiger partial charge in [-0.25, -0.2) is 22.0 Å². The van der Waals surface area contributed by atoms with E-state index in [-0.39, 0.29) is 28.6 Å². The summed E-state index contributed by atoms with van der Waals surface area (Å²) >= 11 is 5.99. The number of ether oxygens (including phenoxy) is 1. The van der Waals surface area contributed by atoms with Gasteiger partial charge in [-0.3, -0.25) is 4.79 Å². The molecule has 1 saturated carbocycles. The highest BCUT2D eigenvalue weighted by atomic mass is 35.5. The van der Waals surface area contributed by atoms with E-state index >= 15 is 0 Å². The van der Waals surface area contributed by atoms with Gasteiger partial charge in [0.15, 0.2) is 9.84 Å². The minimum absolute atomic E-state index is 0.131. The maximum Gasteiger partial charge on any atom is 0.252 e. The number of amides is 1. The molecule has 0 saturated heterocycles. The van der Waals surface area contributed by atoms with Crippen LogP contribution in [0.2, 0.25) is 5.02 Å². The van der Waals surface area contributed by atoms with Crippen LogP contribution in [0.25, 0.3) is 0 Å². The van der Waals surface area contributed by atoms with E-state index in [0.717, 1.165) is 31.4 Å². The van der Waals surface area contributed by atoms with Crippen LogP contribution in [-0.2, 0) is 24.6 Å². The summed E-state index contributed by atoms with van der Waals surface area (Å²) in [7, 11) is -6.65. The summed E-state index contributed by atoms with van der Waals surface area (Å²) in [5.74, 6) is -0.733. The molecule has 0 aliphatic heterocycles. The fourth-order valence-electron chi connectivity index (χ4n) is 3.08. The third kappa shape index (κ3) is 5.20. The zero-order chi connectivity index (χ0) is 20.2. The van der Waals surface area contributed by atoms with Crippen molar-refractivity contribution >= 4 is 37.4 Å². The Morgan fingerprint density at radius 3 is 2.37 bits per heavy atom. The van der Waals surface area contributed by atoms with E-state index < -0.39 is 35.9 Å². The first-order valence-corrected chi connectivity index (χ1v) is 11.9. The van der Waals surface area contributed by atoms with E-state index in [1.807, 2.05) is 0 Å². The fourth-order valence-corrected chi connectivity index (χ4v) is 6.30. The molecular formula is C16H23ClN2O6S2. The Hall–Kier alpha value is -1.20. The smallest absolute Gasteiger partial charge is 0.252 e. The predicted octanol–water partition coefficient (Wildman–Crippen LogP) is 1.47. The molecule has 0 spiro atoms. The van der Waals surface area contributed by atoms with Gasteiger partial charge >= 0.3 is 0 Å². The summed E-state index contributed by atoms with van der Waals surface area (Å²) in [6.07, 6.45) is 3.50. The number of hydrogen-bond acceptors (Lipinski definition) is 6. The van der Waals surface area contributed by atoms with Crippen molar-refractivity contribution in [2.75, 3.05) is 20.3 Å². The first kappa shape index (κ1) is 22.1. The largest absolute Gasteiger partial charge is 0.383 e. The standard InChI is InChI=1S/C16H23ClN2O6S2/c1-25-8-7-19-16(20)12-9-15(27(18,23)24)13(17)10-14(12)26(21,22)11-5-3-2-4-6-11/h9-11H,2-8H2,1H3,(H,19,20)(H2,18,23,24). The molecule has 1 fully saturated rings. The fraction of sp³-hybridized carbons (Fsp3) is 0.562. The molecule has 8 nitrogen and oxygen atoms in total. The molecule has 0 unspecified atom stereocenters. The van der Waals surface area contributed by atoms with Gasteiger partial charge in [-0.05, 0) is 25.0 Å². The maximum absolute atomic E-state index is 13.1. The Kier molecular flexibility index (Phi) is 7.26. The van der Waals surface area contributed by atoms with Gasteiger partial charge in [-0.15, -0.1) is 0 Å². The first-order valence-electron chi connectivity index (χ1n) is 8.46. The molecule has 0 aromatic heterocycles. The van der Waals surface area contributed by atoms with Gasteiger partial charge in [0.25, 0.3) is 5.91 Å². The molecule has 0 bridgehead atoms. The minimum Gasteiger partial charge on any atom is -0.383 e. The number of hydrogen-bond donors (Lipinski definition) is 2. The van der Waals surface area contributed by atoms with E-state index in [9.17, 15) is 21.6 Å². The number of rotatable bonds is 7. The molecular weight excluding hydrogens is 416 g/mol. The van der Waals surface area contributed by atoms with Crippen molar-refractivity contribution in [3.63, 3.8) is 0 Å². The average Bonchev–Trinajstić information content (AvgIpc) is 2.61. The number of nitrogens with two attached hydrogens (primary N) is 1. The number of methoxy groups -OCH3 is 1. The summed E-state index contributed by atoms with van der Waals surface area (Å²) in [5, 5.41) is 6.68. The zero-order valence-electron chi connectivity index (χ0n) is 14.9. The number of nitrogens with one attached hydrogen (secondary N) is 1. The summed E-state index contributed by atoms with van der Waals surface area (Å²) in [4.78, 5) is 11.8. The maximum atomic E-state index is 13.1. The Bertz CT molecular complexity index is 909. The van der Waals surface area contributed by atoms with Gasteiger partial charge in [0.1, 0.15) is 4.90 Å². The summed E-state index contributed by atoms with van der Waals surface area (Å²) in [5.41, 5.74) is -0.287. The minimum atomic E-state index is -4.23. The van der Waals surface area contributed by atoms with Crippen molar-refractivity contribution in [2.45, 2.75) is 47.1 Å². The van der Waals surface area contributed by atoms with Gasteiger partial charge in [-0.1, -0.05) is 30.9 Å². The number of sulfone groups is 1. The molecule has 27 heavy (non-hydrogen) atoms. The lowest BCUT2D eigenvalue weighted by Gasteiger charge is -2.23. The van der Waals surface area contributed by atoms with Crippen LogP contribution >= 0.6 is 11.6 Å². The SMILES string of the molecule is COCCNC(=O)c1cc(S(N)(=O)=O)c(Cl)cc1S(=O)(=O)C1CCCCC1. The Morgan fingerprint density at radius 2 is 1.81 bits per heavy atom. The van der Waals surface area contributed by atoms with E-state index in [2.05, 4.69) is 5.32 Å². The molecule has 0 atom stereocenters. The van der Waals surface area contributed by atoms with Crippen LogP contribution in [0.3, 0.4) is 0 Å². The molecule has 2 rings (SSSR count). The van der Waals surface area contributed by atoms with E-state index in [0.29, 0.717) is 12.8 Å². The molecule has 3 N–H and O–H groups in total. The van der Waals surface area contributed by atoms with Gasteiger partial charge in [0, 0.05) is 13.7 Å². The van der Waals surface area contributed by atoms with Crippen molar-refractivity contribution in [1.82, 2.24) is 5.32 Å². The number of halogens is 1. The second kappa shape index (κ2) is 8.87. The van der Waals surface area contributed by atoms with Gasteiger partial charge in [0.2, 0.25) is 10.0 Å². The van der Waals surface area contributed by atoms with Gasteiger partial charge in [-0.2, -0.15) is 0 Å². The molecule has 11 heteroatoms. The Morgan fingerprint density at radius 1 is 1.19 bits per heavy atom. The lowest BCUT2D eigenvalue weighted by atomic mass is 10.0. The lowest BCUT2D eigenvalue weighted by molar-refractivity contribution is 0.0933. The van der Waals surface area contributed by atoms with Crippen molar-refractivity contribution < 1.29 is 26.4 Å². The number of sulfonamides is 1. The lowest BCUT2D eigenvalue weighted by Crippen LogP contribution is -2.31. The van der Waals surface area contributed by atoms with Gasteiger partial charge in [0.05, 0.1) is 27.3 Å². The van der Waals surface area contributed by atoms with Crippen LogP contribution < -0.4 is 10.5 Å². The summed E-state index contributed by atoms with van der Waals surface area (Å²) in [6, 6.07) is 1.94. The Labute approximate surface area is 164 Å². The van der Waals surface area contributed by atoms with Crippen molar-refractivity contribution in [1.29, 1.82) is 0 Å². The second-order valence-corrected chi connectivity index (χ2v) is 10.5.